The van der Waals surface area contributed by atoms with Gasteiger partial charge in [0, 0.05) is 11.1 Å². The molecule has 0 unspecified atom stereocenters. The van der Waals surface area contributed by atoms with Gasteiger partial charge in [-0.2, -0.15) is 5.10 Å². The molecule has 1 aliphatic rings. The minimum atomic E-state index is 0.0736. The molecule has 0 atom stereocenters. The minimum Gasteiger partial charge on any atom is -0.492 e. The highest BCUT2D eigenvalue weighted by Crippen LogP contribution is 2.34. The molecule has 3 aromatic carbocycles. The third-order valence-corrected chi connectivity index (χ3v) is 5.73. The number of nitrogens with zero attached hydrogens (tertiary/aromatic N) is 2. The molecule has 0 aliphatic carbocycles. The van der Waals surface area contributed by atoms with E-state index in [0.29, 0.717) is 32.7 Å². The number of ether oxygens (including phenoxy) is 2. The van der Waals surface area contributed by atoms with Gasteiger partial charge in [0.25, 0.3) is 0 Å². The van der Waals surface area contributed by atoms with Crippen molar-refractivity contribution in [3.05, 3.63) is 102 Å². The average Bonchev–Trinajstić information content (AvgIpc) is 3.26. The number of carbonyl (C=O) groups is 1. The molecule has 0 bridgehead atoms. The van der Waals surface area contributed by atoms with E-state index in [2.05, 4.69) is 10.2 Å². The van der Waals surface area contributed by atoms with Crippen LogP contribution in [-0.4, -0.2) is 34.2 Å². The maximum Gasteiger partial charge on any atom is 0.227 e. The molecule has 1 aliphatic heterocycles. The first-order valence-corrected chi connectivity index (χ1v) is 11.1. The normalized spacial score (nSPS) is 13.0. The second-order valence-electron chi connectivity index (χ2n) is 7.95. The number of para-hydroxylation sites is 2. The third kappa shape index (κ3) is 4.75. The molecule has 6 nitrogen and oxygen atoms in total. The summed E-state index contributed by atoms with van der Waals surface area (Å²) >= 11 is 0. The quantitative estimate of drug-likeness (QED) is 0.435. The van der Waals surface area contributed by atoms with Gasteiger partial charge in [0.05, 0.1) is 30.9 Å². The van der Waals surface area contributed by atoms with Crippen molar-refractivity contribution in [3.8, 4) is 22.8 Å². The van der Waals surface area contributed by atoms with E-state index in [9.17, 15) is 4.79 Å². The Kier molecular flexibility index (Phi) is 6.06. The number of aromatic nitrogens is 2. The van der Waals surface area contributed by atoms with Crippen molar-refractivity contribution < 1.29 is 14.3 Å². The lowest BCUT2D eigenvalue weighted by molar-refractivity contribution is -0.132. The molecule has 1 aromatic heterocycles. The van der Waals surface area contributed by atoms with Gasteiger partial charge in [-0.3, -0.25) is 9.89 Å². The fourth-order valence-electron chi connectivity index (χ4n) is 4.00. The molecule has 1 N–H and O–H groups in total. The zero-order chi connectivity index (χ0) is 22.5. The molecule has 1 amide bonds. The van der Waals surface area contributed by atoms with Crippen LogP contribution in [0.1, 0.15) is 16.8 Å². The van der Waals surface area contributed by atoms with Gasteiger partial charge in [0.1, 0.15) is 24.7 Å². The van der Waals surface area contributed by atoms with E-state index in [0.717, 1.165) is 39.6 Å². The number of nitrogens with one attached hydrogen (secondary N) is 1. The van der Waals surface area contributed by atoms with Gasteiger partial charge in [-0.25, -0.2) is 0 Å². The Hall–Kier alpha value is -4.06. The highest BCUT2D eigenvalue weighted by atomic mass is 16.5. The van der Waals surface area contributed by atoms with E-state index in [1.807, 2.05) is 89.8 Å². The Labute approximate surface area is 192 Å². The number of rotatable bonds is 8. The molecule has 33 heavy (non-hydrogen) atoms. The van der Waals surface area contributed by atoms with Gasteiger partial charge in [0.2, 0.25) is 5.91 Å². The van der Waals surface area contributed by atoms with Crippen LogP contribution in [-0.2, 0) is 24.4 Å². The second-order valence-corrected chi connectivity index (χ2v) is 7.95. The maximum absolute atomic E-state index is 12.9. The number of fused-ring (bicyclic) bond motifs is 1. The summed E-state index contributed by atoms with van der Waals surface area (Å²) in [4.78, 5) is 14.7. The zero-order valence-electron chi connectivity index (χ0n) is 18.2. The molecule has 5 rings (SSSR count). The van der Waals surface area contributed by atoms with Crippen LogP contribution in [0.5, 0.6) is 11.5 Å². The zero-order valence-corrected chi connectivity index (χ0v) is 18.2. The van der Waals surface area contributed by atoms with Gasteiger partial charge in [0.15, 0.2) is 0 Å². The Morgan fingerprint density at radius 3 is 2.42 bits per heavy atom. The van der Waals surface area contributed by atoms with E-state index in [1.54, 1.807) is 0 Å². The van der Waals surface area contributed by atoms with Gasteiger partial charge in [-0.15, -0.1) is 0 Å². The molecular weight excluding hydrogens is 414 g/mol. The predicted molar refractivity (Wildman–Crippen MR) is 126 cm³/mol. The number of hydrogen-bond donors (Lipinski definition) is 1. The highest BCUT2D eigenvalue weighted by molar-refractivity contribution is 5.84. The minimum absolute atomic E-state index is 0.0736. The highest BCUT2D eigenvalue weighted by Gasteiger charge is 2.28. The van der Waals surface area contributed by atoms with Crippen LogP contribution in [0.2, 0.25) is 0 Å². The molecule has 166 valence electrons. The lowest BCUT2D eigenvalue weighted by Crippen LogP contribution is -2.38. The van der Waals surface area contributed by atoms with Gasteiger partial charge >= 0.3 is 0 Å². The number of carbonyl (C=O) groups excluding carboxylic acids is 1. The van der Waals surface area contributed by atoms with Gasteiger partial charge in [-0.05, 0) is 29.8 Å². The molecule has 2 heterocycles. The van der Waals surface area contributed by atoms with Crippen molar-refractivity contribution in [1.29, 1.82) is 0 Å². The van der Waals surface area contributed by atoms with Crippen molar-refractivity contribution in [2.45, 2.75) is 19.6 Å². The fraction of sp³-hybridized carbons (Fsp3) is 0.185. The van der Waals surface area contributed by atoms with Crippen molar-refractivity contribution in [3.63, 3.8) is 0 Å². The molecule has 4 aromatic rings. The first kappa shape index (κ1) is 20.8. The van der Waals surface area contributed by atoms with E-state index in [1.165, 1.54) is 0 Å². The van der Waals surface area contributed by atoms with Crippen LogP contribution >= 0.6 is 0 Å². The van der Waals surface area contributed by atoms with Crippen molar-refractivity contribution in [1.82, 2.24) is 15.1 Å². The molecule has 6 heteroatoms. The maximum atomic E-state index is 12.9. The number of amides is 1. The van der Waals surface area contributed by atoms with Crippen molar-refractivity contribution in [2.75, 3.05) is 13.2 Å². The molecule has 0 saturated carbocycles. The van der Waals surface area contributed by atoms with Crippen LogP contribution in [0.4, 0.5) is 0 Å². The molecular formula is C27H25N3O3. The molecule has 0 saturated heterocycles. The second kappa shape index (κ2) is 9.61. The number of benzene rings is 3. The first-order chi connectivity index (χ1) is 16.3. The first-order valence-electron chi connectivity index (χ1n) is 11.1. The summed E-state index contributed by atoms with van der Waals surface area (Å²) < 4.78 is 11.9. The largest absolute Gasteiger partial charge is 0.492 e. The van der Waals surface area contributed by atoms with Gasteiger partial charge < -0.3 is 14.4 Å². The van der Waals surface area contributed by atoms with E-state index in [-0.39, 0.29) is 5.91 Å². The summed E-state index contributed by atoms with van der Waals surface area (Å²) in [6.45, 7) is 1.94. The Morgan fingerprint density at radius 1 is 0.879 bits per heavy atom. The summed E-state index contributed by atoms with van der Waals surface area (Å²) in [5.41, 5.74) is 4.67. The summed E-state index contributed by atoms with van der Waals surface area (Å²) in [7, 11) is 0. The Morgan fingerprint density at radius 2 is 1.61 bits per heavy atom. The molecule has 0 spiro atoms. The van der Waals surface area contributed by atoms with Crippen molar-refractivity contribution in [2.24, 2.45) is 0 Å². The molecule has 0 fully saturated rings. The van der Waals surface area contributed by atoms with Crippen LogP contribution in [0.15, 0.2) is 84.9 Å². The fourth-order valence-corrected chi connectivity index (χ4v) is 4.00. The standard InChI is InChI=1S/C27H25N3O3/c31-26-17-23-24(18-30(26)15-16-32-21-11-5-2-6-12-21)28-29-27(23)22-13-7-8-14-25(22)33-19-20-9-3-1-4-10-20/h1-14H,15-19H2,(H,28,29). The summed E-state index contributed by atoms with van der Waals surface area (Å²) in [6, 6.07) is 27.5. The number of hydrogen-bond acceptors (Lipinski definition) is 4. The molecule has 0 radical (unpaired) electrons. The smallest absolute Gasteiger partial charge is 0.227 e. The summed E-state index contributed by atoms with van der Waals surface area (Å²) in [5.74, 6) is 1.63. The number of aromatic amines is 1. The lowest BCUT2D eigenvalue weighted by atomic mass is 9.99. The van der Waals surface area contributed by atoms with E-state index >= 15 is 0 Å². The number of H-pyrrole nitrogens is 1. The van der Waals surface area contributed by atoms with Gasteiger partial charge in [-0.1, -0.05) is 60.7 Å². The van der Waals surface area contributed by atoms with Crippen LogP contribution in [0, 0.1) is 0 Å². The monoisotopic (exact) mass is 439 g/mol. The third-order valence-electron chi connectivity index (χ3n) is 5.73. The van der Waals surface area contributed by atoms with E-state index in [4.69, 9.17) is 9.47 Å². The summed E-state index contributed by atoms with van der Waals surface area (Å²) in [5, 5.41) is 7.71. The SMILES string of the molecule is O=C1Cc2c(-c3ccccc3OCc3ccccc3)n[nH]c2CN1CCOc1ccccc1. The van der Waals surface area contributed by atoms with Crippen LogP contribution < -0.4 is 9.47 Å². The lowest BCUT2D eigenvalue weighted by Gasteiger charge is -2.27. The Balaban J connectivity index is 1.29. The summed E-state index contributed by atoms with van der Waals surface area (Å²) in [6.07, 6.45) is 0.305. The van der Waals surface area contributed by atoms with Crippen molar-refractivity contribution >= 4 is 5.91 Å². The van der Waals surface area contributed by atoms with Crippen LogP contribution in [0.3, 0.4) is 0 Å². The average molecular weight is 440 g/mol. The van der Waals surface area contributed by atoms with Crippen LogP contribution in [0.25, 0.3) is 11.3 Å². The predicted octanol–water partition coefficient (Wildman–Crippen LogP) is 4.62. The van der Waals surface area contributed by atoms with E-state index < -0.39 is 0 Å². The topological polar surface area (TPSA) is 67.5 Å². The Bertz CT molecular complexity index is 1220.